The second-order valence-electron chi connectivity index (χ2n) is 6.90. The predicted octanol–water partition coefficient (Wildman–Crippen LogP) is 1.43. The molecule has 2 aromatic heterocycles. The number of nitrogens with one attached hydrogen (secondary N) is 1. The molecule has 2 aromatic rings. The number of nitrogens with zero attached hydrogens (tertiary/aromatic N) is 4. The van der Waals surface area contributed by atoms with Gasteiger partial charge in [-0.15, -0.1) is 0 Å². The fourth-order valence-corrected chi connectivity index (χ4v) is 3.45. The lowest BCUT2D eigenvalue weighted by Crippen LogP contribution is -2.37. The Labute approximate surface area is 158 Å². The van der Waals surface area contributed by atoms with Crippen molar-refractivity contribution in [2.45, 2.75) is 25.9 Å². The van der Waals surface area contributed by atoms with Crippen LogP contribution >= 0.6 is 0 Å². The van der Waals surface area contributed by atoms with Gasteiger partial charge in [0.25, 0.3) is 5.91 Å². The van der Waals surface area contributed by atoms with E-state index in [9.17, 15) is 4.79 Å². The summed E-state index contributed by atoms with van der Waals surface area (Å²) >= 11 is 0. The molecule has 27 heavy (non-hydrogen) atoms. The molecule has 2 fully saturated rings. The van der Waals surface area contributed by atoms with Crippen LogP contribution in [0.4, 0.5) is 5.82 Å². The SMILES string of the molecule is O=C(NCc1cc(N2CCOCC2)ncn1)c1ccc(CN2CCCC2)o1. The van der Waals surface area contributed by atoms with Gasteiger partial charge in [0, 0.05) is 19.2 Å². The van der Waals surface area contributed by atoms with Gasteiger partial charge < -0.3 is 19.4 Å². The summed E-state index contributed by atoms with van der Waals surface area (Å²) in [5.41, 5.74) is 0.767. The molecule has 8 nitrogen and oxygen atoms in total. The van der Waals surface area contributed by atoms with Crippen LogP contribution in [-0.4, -0.2) is 60.2 Å². The number of hydrogen-bond donors (Lipinski definition) is 1. The molecule has 1 N–H and O–H groups in total. The number of rotatable bonds is 6. The number of carbonyl (C=O) groups excluding carboxylic acids is 1. The number of anilines is 1. The van der Waals surface area contributed by atoms with Crippen LogP contribution in [0.15, 0.2) is 28.9 Å². The molecule has 2 saturated heterocycles. The van der Waals surface area contributed by atoms with Gasteiger partial charge in [0.1, 0.15) is 17.9 Å². The van der Waals surface area contributed by atoms with Gasteiger partial charge in [-0.3, -0.25) is 9.69 Å². The Morgan fingerprint density at radius 1 is 1.11 bits per heavy atom. The molecule has 4 heterocycles. The molecule has 0 bridgehead atoms. The Kier molecular flexibility index (Phi) is 5.64. The number of aromatic nitrogens is 2. The van der Waals surface area contributed by atoms with Crippen molar-refractivity contribution in [2.24, 2.45) is 0 Å². The van der Waals surface area contributed by atoms with Crippen LogP contribution in [0.25, 0.3) is 0 Å². The second kappa shape index (κ2) is 8.49. The van der Waals surface area contributed by atoms with Crippen molar-refractivity contribution < 1.29 is 13.9 Å². The van der Waals surface area contributed by atoms with Crippen LogP contribution in [0.3, 0.4) is 0 Å². The van der Waals surface area contributed by atoms with E-state index in [1.54, 1.807) is 6.07 Å². The molecular formula is C19H25N5O3. The van der Waals surface area contributed by atoms with Crippen molar-refractivity contribution in [3.05, 3.63) is 41.7 Å². The van der Waals surface area contributed by atoms with E-state index in [-0.39, 0.29) is 5.91 Å². The molecular weight excluding hydrogens is 346 g/mol. The van der Waals surface area contributed by atoms with Crippen molar-refractivity contribution in [1.82, 2.24) is 20.2 Å². The van der Waals surface area contributed by atoms with E-state index >= 15 is 0 Å². The van der Waals surface area contributed by atoms with E-state index in [2.05, 4.69) is 25.1 Å². The summed E-state index contributed by atoms with van der Waals surface area (Å²) in [6, 6.07) is 5.53. The maximum absolute atomic E-state index is 12.4. The topological polar surface area (TPSA) is 83.7 Å². The molecule has 0 radical (unpaired) electrons. The maximum atomic E-state index is 12.4. The average Bonchev–Trinajstić information content (AvgIpc) is 3.40. The monoisotopic (exact) mass is 371 g/mol. The first-order chi connectivity index (χ1) is 13.3. The first kappa shape index (κ1) is 17.9. The van der Waals surface area contributed by atoms with Crippen LogP contribution < -0.4 is 10.2 Å². The molecule has 0 aromatic carbocycles. The van der Waals surface area contributed by atoms with E-state index in [1.807, 2.05) is 12.1 Å². The number of carbonyl (C=O) groups is 1. The van der Waals surface area contributed by atoms with Crippen molar-refractivity contribution >= 4 is 11.7 Å². The number of hydrogen-bond acceptors (Lipinski definition) is 7. The van der Waals surface area contributed by atoms with E-state index in [4.69, 9.17) is 9.15 Å². The van der Waals surface area contributed by atoms with Gasteiger partial charge in [-0.1, -0.05) is 0 Å². The molecule has 1 amide bonds. The minimum Gasteiger partial charge on any atom is -0.455 e. The van der Waals surface area contributed by atoms with Gasteiger partial charge in [-0.05, 0) is 38.1 Å². The highest BCUT2D eigenvalue weighted by Gasteiger charge is 2.17. The van der Waals surface area contributed by atoms with Crippen LogP contribution in [0.2, 0.25) is 0 Å². The average molecular weight is 371 g/mol. The number of amides is 1. The Bertz CT molecular complexity index is 766. The normalized spacial score (nSPS) is 18.0. The summed E-state index contributed by atoms with van der Waals surface area (Å²) in [7, 11) is 0. The van der Waals surface area contributed by atoms with Gasteiger partial charge in [0.2, 0.25) is 0 Å². The number of ether oxygens (including phenoxy) is 1. The van der Waals surface area contributed by atoms with E-state index < -0.39 is 0 Å². The number of likely N-dealkylation sites (tertiary alicyclic amines) is 1. The largest absolute Gasteiger partial charge is 0.455 e. The molecule has 0 spiro atoms. The first-order valence-electron chi connectivity index (χ1n) is 9.51. The third-order valence-electron chi connectivity index (χ3n) is 4.94. The highest BCUT2D eigenvalue weighted by Crippen LogP contribution is 2.16. The summed E-state index contributed by atoms with van der Waals surface area (Å²) < 4.78 is 11.1. The zero-order valence-electron chi connectivity index (χ0n) is 15.4. The van der Waals surface area contributed by atoms with Gasteiger partial charge in [0.15, 0.2) is 5.76 Å². The predicted molar refractivity (Wildman–Crippen MR) is 99.5 cm³/mol. The highest BCUT2D eigenvalue weighted by atomic mass is 16.5. The Morgan fingerprint density at radius 2 is 1.93 bits per heavy atom. The summed E-state index contributed by atoms with van der Waals surface area (Å²) in [5.74, 6) is 1.81. The lowest BCUT2D eigenvalue weighted by Gasteiger charge is -2.27. The standard InChI is InChI=1S/C19H25N5O3/c25-19(17-4-3-16(27-17)13-23-5-1-2-6-23)20-12-15-11-18(22-14-21-15)24-7-9-26-10-8-24/h3-4,11,14H,1-2,5-10,12-13H2,(H,20,25). The Hall–Kier alpha value is -2.45. The first-order valence-corrected chi connectivity index (χ1v) is 9.51. The fourth-order valence-electron chi connectivity index (χ4n) is 3.45. The minimum atomic E-state index is -0.228. The van der Waals surface area contributed by atoms with Crippen LogP contribution in [0, 0.1) is 0 Å². The molecule has 2 aliphatic heterocycles. The van der Waals surface area contributed by atoms with Crippen molar-refractivity contribution in [3.63, 3.8) is 0 Å². The smallest absolute Gasteiger partial charge is 0.287 e. The third kappa shape index (κ3) is 4.64. The van der Waals surface area contributed by atoms with Crippen molar-refractivity contribution in [1.29, 1.82) is 0 Å². The quantitative estimate of drug-likeness (QED) is 0.822. The molecule has 0 aliphatic carbocycles. The molecule has 4 rings (SSSR count). The van der Waals surface area contributed by atoms with Gasteiger partial charge in [0.05, 0.1) is 32.0 Å². The highest BCUT2D eigenvalue weighted by molar-refractivity contribution is 5.91. The minimum absolute atomic E-state index is 0.228. The maximum Gasteiger partial charge on any atom is 0.287 e. The van der Waals surface area contributed by atoms with Crippen LogP contribution in [0.1, 0.15) is 34.9 Å². The Balaban J connectivity index is 1.31. The van der Waals surface area contributed by atoms with Gasteiger partial charge >= 0.3 is 0 Å². The molecule has 2 aliphatic rings. The summed E-state index contributed by atoms with van der Waals surface area (Å²) in [4.78, 5) is 25.4. The summed E-state index contributed by atoms with van der Waals surface area (Å²) in [5, 5.41) is 2.87. The fraction of sp³-hybridized carbons (Fsp3) is 0.526. The van der Waals surface area contributed by atoms with Crippen LogP contribution in [0.5, 0.6) is 0 Å². The van der Waals surface area contributed by atoms with Crippen LogP contribution in [-0.2, 0) is 17.8 Å². The zero-order chi connectivity index (χ0) is 18.5. The van der Waals surface area contributed by atoms with Crippen molar-refractivity contribution in [3.8, 4) is 0 Å². The third-order valence-corrected chi connectivity index (χ3v) is 4.94. The number of furan rings is 1. The van der Waals surface area contributed by atoms with E-state index in [1.165, 1.54) is 19.2 Å². The molecule has 0 atom stereocenters. The van der Waals surface area contributed by atoms with E-state index in [0.29, 0.717) is 25.5 Å². The van der Waals surface area contributed by atoms with Crippen molar-refractivity contribution in [2.75, 3.05) is 44.3 Å². The summed E-state index contributed by atoms with van der Waals surface area (Å²) in [6.07, 6.45) is 4.01. The molecule has 0 saturated carbocycles. The molecule has 8 heteroatoms. The lowest BCUT2D eigenvalue weighted by molar-refractivity contribution is 0.0919. The molecule has 144 valence electrons. The summed E-state index contributed by atoms with van der Waals surface area (Å²) in [6.45, 7) is 6.33. The van der Waals surface area contributed by atoms with Gasteiger partial charge in [-0.25, -0.2) is 9.97 Å². The van der Waals surface area contributed by atoms with E-state index in [0.717, 1.165) is 50.0 Å². The second-order valence-corrected chi connectivity index (χ2v) is 6.90. The van der Waals surface area contributed by atoms with Gasteiger partial charge in [-0.2, -0.15) is 0 Å². The Morgan fingerprint density at radius 3 is 2.74 bits per heavy atom. The zero-order valence-corrected chi connectivity index (χ0v) is 15.4. The number of morpholine rings is 1. The molecule has 0 unspecified atom stereocenters. The lowest BCUT2D eigenvalue weighted by atomic mass is 10.3.